The molecule has 0 aromatic heterocycles. The highest BCUT2D eigenvalue weighted by molar-refractivity contribution is 7.89. The predicted molar refractivity (Wildman–Crippen MR) is 360 cm³/mol. The molecule has 1 saturated carbocycles. The lowest BCUT2D eigenvalue weighted by Crippen LogP contribution is -2.49. The van der Waals surface area contributed by atoms with Crippen molar-refractivity contribution in [1.29, 1.82) is 5.26 Å². The van der Waals surface area contributed by atoms with Crippen molar-refractivity contribution in [3.05, 3.63) is 118 Å². The molecule has 4 aromatic carbocycles. The monoisotopic (exact) mass is 1340 g/mol. The van der Waals surface area contributed by atoms with Crippen molar-refractivity contribution in [2.45, 2.75) is 114 Å². The summed E-state index contributed by atoms with van der Waals surface area (Å²) in [6, 6.07) is 27.3. The third-order valence-electron chi connectivity index (χ3n) is 19.1. The zero-order chi connectivity index (χ0) is 64.5. The van der Waals surface area contributed by atoms with Gasteiger partial charge in [0.2, 0.25) is 20.0 Å². The smallest absolute Gasteiger partial charge is 0.282 e. The highest BCUT2D eigenvalue weighted by Gasteiger charge is 2.38. The van der Waals surface area contributed by atoms with Gasteiger partial charge in [0.25, 0.3) is 20.4 Å². The molecule has 1 aliphatic carbocycles. The van der Waals surface area contributed by atoms with Crippen molar-refractivity contribution in [2.24, 2.45) is 29.6 Å². The van der Waals surface area contributed by atoms with Gasteiger partial charge in [-0.05, 0) is 203 Å². The summed E-state index contributed by atoms with van der Waals surface area (Å²) in [6.45, 7) is 13.4. The summed E-state index contributed by atoms with van der Waals surface area (Å²) in [5, 5.41) is 10.4. The molecule has 4 heterocycles. The summed E-state index contributed by atoms with van der Waals surface area (Å²) in [4.78, 5) is 9.16. The Morgan fingerprint density at radius 3 is 1.53 bits per heavy atom. The second-order valence-electron chi connectivity index (χ2n) is 26.8. The van der Waals surface area contributed by atoms with Crippen molar-refractivity contribution in [2.75, 3.05) is 143 Å². The normalized spacial score (nSPS) is 23.8. The number of nitrogens with zero attached hydrogens (tertiary/aromatic N) is 11. The largest absolute Gasteiger partial charge is 0.378 e. The number of benzene rings is 4. The van der Waals surface area contributed by atoms with Crippen LogP contribution in [0, 0.1) is 40.9 Å². The zero-order valence-electron chi connectivity index (χ0n) is 54.2. The lowest BCUT2D eigenvalue weighted by Gasteiger charge is -2.37. The maximum atomic E-state index is 14.8. The lowest BCUT2D eigenvalue weighted by molar-refractivity contribution is 0.142. The molecule has 5 atom stereocenters. The van der Waals surface area contributed by atoms with Crippen LogP contribution in [0.25, 0.3) is 0 Å². The Balaban J connectivity index is 0.883. The van der Waals surface area contributed by atoms with E-state index in [0.29, 0.717) is 126 Å². The van der Waals surface area contributed by atoms with E-state index in [1.165, 1.54) is 4.31 Å². The van der Waals surface area contributed by atoms with Gasteiger partial charge in [-0.3, -0.25) is 0 Å². The van der Waals surface area contributed by atoms with Crippen LogP contribution in [-0.2, 0) is 66.4 Å². The van der Waals surface area contributed by atoms with Gasteiger partial charge in [-0.1, -0.05) is 63.4 Å². The average Bonchev–Trinajstić information content (AvgIpc) is 1.20. The summed E-state index contributed by atoms with van der Waals surface area (Å²) >= 11 is 6.34. The van der Waals surface area contributed by atoms with Crippen molar-refractivity contribution >= 4 is 63.4 Å². The number of hydrogen-bond donors (Lipinski definition) is 0. The Morgan fingerprint density at radius 2 is 1.01 bits per heavy atom. The van der Waals surface area contributed by atoms with Gasteiger partial charge >= 0.3 is 0 Å². The van der Waals surface area contributed by atoms with Gasteiger partial charge in [0.1, 0.15) is 0 Å². The Bertz CT molecular complexity index is 3560. The maximum Gasteiger partial charge on any atom is 0.282 e. The molecule has 4 aromatic rings. The van der Waals surface area contributed by atoms with Gasteiger partial charge in [-0.2, -0.15) is 47.9 Å². The fourth-order valence-electron chi connectivity index (χ4n) is 14.5. The predicted octanol–water partition coefficient (Wildman–Crippen LogP) is 8.53. The molecule has 19 nitrogen and oxygen atoms in total. The molecule has 2 saturated heterocycles. The number of anilines is 2. The van der Waals surface area contributed by atoms with Crippen molar-refractivity contribution in [1.82, 2.24) is 35.6 Å². The Labute approximate surface area is 545 Å². The minimum atomic E-state index is -3.99. The van der Waals surface area contributed by atoms with E-state index in [1.54, 1.807) is 64.0 Å². The van der Waals surface area contributed by atoms with Crippen LogP contribution in [0.3, 0.4) is 0 Å². The van der Waals surface area contributed by atoms with Crippen molar-refractivity contribution in [3.63, 3.8) is 0 Å². The SMILES string of the molecule is CC(CC1CCCC(CN2CCCN(S(=O)(=O)c3ccc(N(C)C)cc3)C[C@H](C)CN(S(=O)(=O)N3CCc4c(C#N)cccc4C3)CCC2)C1)CN1CCCN(S(=O)(=O)c2ccc(N(C)C)cc2)C[C@H](C)CN(S(=O)(=O)N2CCc3cc(Cl)ccc3C2)CCC1. The summed E-state index contributed by atoms with van der Waals surface area (Å²) < 4.78 is 127. The number of nitriles is 1. The number of fused-ring (bicyclic) bond motifs is 2. The van der Waals surface area contributed by atoms with Crippen molar-refractivity contribution < 1.29 is 33.7 Å². The molecule has 0 bridgehead atoms. The number of hydrogen-bond acceptors (Lipinski definition) is 13. The van der Waals surface area contributed by atoms with Crippen LogP contribution in [0.1, 0.15) is 106 Å². The first-order valence-corrected chi connectivity index (χ1v) is 38.6. The van der Waals surface area contributed by atoms with Gasteiger partial charge in [-0.25, -0.2) is 16.8 Å². The van der Waals surface area contributed by atoms with Crippen LogP contribution in [0.2, 0.25) is 5.02 Å². The van der Waals surface area contributed by atoms with Crippen LogP contribution in [0.4, 0.5) is 11.4 Å². The van der Waals surface area contributed by atoms with Gasteiger partial charge < -0.3 is 19.6 Å². The molecule has 0 amide bonds. The molecular formula is C66H98ClN11O8S4. The van der Waals surface area contributed by atoms with Gasteiger partial charge in [0, 0.05) is 136 Å². The molecule has 9 rings (SSSR count). The molecule has 3 fully saturated rings. The third-order valence-corrected chi connectivity index (χ3v) is 27.0. The van der Waals surface area contributed by atoms with E-state index in [1.807, 2.05) is 94.3 Å². The van der Waals surface area contributed by atoms with Gasteiger partial charge in [0.05, 0.1) is 21.4 Å². The third kappa shape index (κ3) is 17.5. The van der Waals surface area contributed by atoms with Gasteiger partial charge in [-0.15, -0.1) is 0 Å². The average molecular weight is 1340 g/mol. The molecular weight excluding hydrogens is 1240 g/mol. The highest BCUT2D eigenvalue weighted by Crippen LogP contribution is 2.36. The van der Waals surface area contributed by atoms with Crippen LogP contribution < -0.4 is 9.80 Å². The lowest BCUT2D eigenvalue weighted by atomic mass is 9.77. The molecule has 0 N–H and O–H groups in total. The molecule has 0 radical (unpaired) electrons. The standard InChI is InChI=1S/C66H98ClN11O8S4/c1-52(44-71-30-10-34-73(87(79,80)64-24-20-62(21-25-64)69(4)5)45-53(2)47-75(36-12-31-71)89(83,84)77-38-28-57-42-61(67)19-18-59(57)50-77)40-55-14-8-15-56(41-55)49-72-32-11-35-74(88(81,82)65-26-22-63(23-27-65)70(6)7)46-54(3)48-76(37-13-33-72)90(85,86)78-39-29-66-58(43-68)16-9-17-60(66)51-78/h9,16-27,42,52-56H,8,10-15,28-41,44-51H2,1-7H3/t52?,53-,54-,55?,56?/m0/s1. The highest BCUT2D eigenvalue weighted by atomic mass is 35.5. The Hall–Kier alpha value is -4.26. The molecule has 4 aliphatic heterocycles. The van der Waals surface area contributed by atoms with E-state index in [-0.39, 0.29) is 67.4 Å². The number of halogens is 1. The zero-order valence-corrected chi connectivity index (χ0v) is 58.2. The topological polar surface area (TPSA) is 193 Å². The molecule has 3 unspecified atom stereocenters. The first kappa shape index (κ1) is 70.1. The summed E-state index contributed by atoms with van der Waals surface area (Å²) in [6.07, 6.45) is 8.86. The van der Waals surface area contributed by atoms with Crippen LogP contribution in [0.5, 0.6) is 0 Å². The van der Waals surface area contributed by atoms with Gasteiger partial charge in [0.15, 0.2) is 0 Å². The van der Waals surface area contributed by atoms with Crippen LogP contribution in [0.15, 0.2) is 94.7 Å². The quantitative estimate of drug-likeness (QED) is 0.104. The molecule has 90 heavy (non-hydrogen) atoms. The minimum absolute atomic E-state index is 0.160. The maximum absolute atomic E-state index is 14.8. The molecule has 0 spiro atoms. The summed E-state index contributed by atoms with van der Waals surface area (Å²) in [5.74, 6) is 0.595. The van der Waals surface area contributed by atoms with E-state index in [2.05, 4.69) is 22.8 Å². The van der Waals surface area contributed by atoms with E-state index in [0.717, 1.165) is 78.8 Å². The van der Waals surface area contributed by atoms with Crippen LogP contribution >= 0.6 is 11.6 Å². The van der Waals surface area contributed by atoms with Crippen molar-refractivity contribution in [3.8, 4) is 6.07 Å². The minimum Gasteiger partial charge on any atom is -0.378 e. The van der Waals surface area contributed by atoms with E-state index >= 15 is 0 Å². The first-order chi connectivity index (χ1) is 42.8. The Kier molecular flexibility index (Phi) is 24.0. The number of rotatable bonds is 16. The van der Waals surface area contributed by atoms with E-state index in [9.17, 15) is 38.9 Å². The van der Waals surface area contributed by atoms with E-state index in [4.69, 9.17) is 11.6 Å². The summed E-state index contributed by atoms with van der Waals surface area (Å²) in [5.41, 5.74) is 6.07. The summed E-state index contributed by atoms with van der Waals surface area (Å²) in [7, 11) is -8.13. The second kappa shape index (κ2) is 30.9. The second-order valence-corrected chi connectivity index (χ2v) is 35.0. The molecule has 5 aliphatic rings. The van der Waals surface area contributed by atoms with Crippen LogP contribution in [-0.4, -0.2) is 202 Å². The number of sulfonamides is 2. The Morgan fingerprint density at radius 1 is 0.533 bits per heavy atom. The molecule has 24 heteroatoms. The van der Waals surface area contributed by atoms with E-state index < -0.39 is 40.5 Å². The first-order valence-electron chi connectivity index (χ1n) is 32.6. The fraction of sp³-hybridized carbons (Fsp3) is 0.621. The fourth-order valence-corrected chi connectivity index (χ4v) is 21.4. The molecule has 496 valence electrons.